The van der Waals surface area contributed by atoms with Crippen LogP contribution < -0.4 is 0 Å². The van der Waals surface area contributed by atoms with Crippen molar-refractivity contribution in [3.05, 3.63) is 34.9 Å². The van der Waals surface area contributed by atoms with Gasteiger partial charge in [-0.1, -0.05) is 19.4 Å². The van der Waals surface area contributed by atoms with Crippen molar-refractivity contribution in [2.24, 2.45) is 0 Å². The minimum absolute atomic E-state index is 0. The molecular weight excluding hydrogens is 279 g/mol. The summed E-state index contributed by atoms with van der Waals surface area (Å²) >= 11 is 5.29. The van der Waals surface area contributed by atoms with E-state index in [0.29, 0.717) is 5.56 Å². The Labute approximate surface area is 112 Å². The number of halogens is 1. The Balaban J connectivity index is 0. The van der Waals surface area contributed by atoms with Crippen molar-refractivity contribution in [2.45, 2.75) is 13.8 Å². The van der Waals surface area contributed by atoms with Crippen LogP contribution in [-0.4, -0.2) is 5.24 Å². The van der Waals surface area contributed by atoms with E-state index in [-0.39, 0.29) is 42.6 Å². The summed E-state index contributed by atoms with van der Waals surface area (Å²) in [7, 11) is 0. The van der Waals surface area contributed by atoms with Gasteiger partial charge in [0.25, 0.3) is 0 Å². The Morgan fingerprint density at radius 3 is 2.00 bits per heavy atom. The number of hydrogen-bond donors (Lipinski definition) is 0. The van der Waals surface area contributed by atoms with E-state index in [9.17, 15) is 4.79 Å². The van der Waals surface area contributed by atoms with Crippen LogP contribution in [0.15, 0.2) is 12.1 Å². The Morgan fingerprint density at radius 1 is 1.31 bits per heavy atom. The fourth-order valence-corrected chi connectivity index (χ4v) is 1.11. The fourth-order valence-electron chi connectivity index (χ4n) is 1.00. The zero-order valence-corrected chi connectivity index (χ0v) is 12.7. The number of aryl methyl sites for hydroxylation is 2. The second kappa shape index (κ2) is 7.07. The zero-order chi connectivity index (χ0) is 8.43. The van der Waals surface area contributed by atoms with Crippen molar-refractivity contribution in [3.8, 4) is 0 Å². The van der Waals surface area contributed by atoms with E-state index in [4.69, 9.17) is 11.6 Å². The Bertz CT molecular complexity index is 281. The Kier molecular flexibility index (Phi) is 8.78. The topological polar surface area (TPSA) is 17.1 Å². The predicted molar refractivity (Wildman–Crippen MR) is 56.0 cm³/mol. The summed E-state index contributed by atoms with van der Waals surface area (Å²) < 4.78 is 0. The molecule has 1 radical (unpaired) electrons. The van der Waals surface area contributed by atoms with Gasteiger partial charge in [-0.3, -0.25) is 4.79 Å². The van der Waals surface area contributed by atoms with Gasteiger partial charge in [-0.2, -0.15) is 39.2 Å². The molecule has 0 aromatic heterocycles. The molecule has 0 N–H and O–H groups in total. The predicted octanol–water partition coefficient (Wildman–Crippen LogP) is 2.54. The minimum atomic E-state index is -0.412. The molecule has 0 heterocycles. The maximum Gasteiger partial charge on any atom is 0.228 e. The fraction of sp³-hybridized carbons (Fsp3) is 0.222. The van der Waals surface area contributed by atoms with Crippen LogP contribution in [0.25, 0.3) is 0 Å². The molecule has 0 spiro atoms. The van der Waals surface area contributed by atoms with Crippen molar-refractivity contribution >= 4 is 26.7 Å². The molecule has 0 bridgehead atoms. The number of carbonyl (C=O) groups is 1. The monoisotopic (exact) mass is 290 g/mol. The van der Waals surface area contributed by atoms with E-state index in [1.807, 2.05) is 13.8 Å². The molecule has 0 saturated heterocycles. The average molecular weight is 291 g/mol. The second-order valence-corrected chi connectivity index (χ2v) is 2.85. The van der Waals surface area contributed by atoms with Gasteiger partial charge in [-0.05, 0) is 11.6 Å². The third-order valence-electron chi connectivity index (χ3n) is 1.37. The summed E-state index contributed by atoms with van der Waals surface area (Å²) in [6.07, 6.45) is 0. The molecule has 0 aliphatic carbocycles. The van der Waals surface area contributed by atoms with Crippen LogP contribution >= 0.6 is 21.5 Å². The van der Waals surface area contributed by atoms with Gasteiger partial charge in [0.05, 0.1) is 0 Å². The molecule has 69 valence electrons. The van der Waals surface area contributed by atoms with E-state index in [0.717, 1.165) is 11.1 Å². The van der Waals surface area contributed by atoms with Crippen LogP contribution in [0.2, 0.25) is 0 Å². The summed E-state index contributed by atoms with van der Waals surface area (Å²) in [5.41, 5.74) is 2.42. The first-order valence-corrected chi connectivity index (χ1v) is 3.68. The SMILES string of the molecule is Cc1[c-]c(C)cc(C(=O)Cl)c1.P.[Y]. The van der Waals surface area contributed by atoms with Crippen molar-refractivity contribution < 1.29 is 37.5 Å². The summed E-state index contributed by atoms with van der Waals surface area (Å²) in [5.74, 6) is 0. The Hall–Kier alpha value is 0.714. The molecule has 1 rings (SSSR count). The first-order valence-electron chi connectivity index (χ1n) is 3.30. The van der Waals surface area contributed by atoms with Gasteiger partial charge in [0.1, 0.15) is 0 Å². The first kappa shape index (κ1) is 16.2. The third kappa shape index (κ3) is 5.22. The van der Waals surface area contributed by atoms with E-state index >= 15 is 0 Å². The molecule has 0 aliphatic heterocycles. The van der Waals surface area contributed by atoms with E-state index < -0.39 is 5.24 Å². The van der Waals surface area contributed by atoms with Crippen molar-refractivity contribution in [1.29, 1.82) is 0 Å². The summed E-state index contributed by atoms with van der Waals surface area (Å²) in [4.78, 5) is 10.7. The van der Waals surface area contributed by atoms with Crippen LogP contribution in [-0.2, 0) is 32.7 Å². The van der Waals surface area contributed by atoms with Gasteiger partial charge >= 0.3 is 0 Å². The van der Waals surface area contributed by atoms with Crippen LogP contribution in [0, 0.1) is 19.9 Å². The van der Waals surface area contributed by atoms with E-state index in [2.05, 4.69) is 6.07 Å². The standard InChI is InChI=1S/C9H8ClO.H3P.Y/c1-6-3-7(2)5-8(4-6)9(10)11;;/h4-5H,1-2H3;1H3;/q-1;;. The summed E-state index contributed by atoms with van der Waals surface area (Å²) in [6, 6.07) is 6.50. The van der Waals surface area contributed by atoms with Crippen molar-refractivity contribution in [1.82, 2.24) is 0 Å². The maximum absolute atomic E-state index is 10.7. The number of hydrogen-bond acceptors (Lipinski definition) is 1. The molecule has 1 unspecified atom stereocenters. The van der Waals surface area contributed by atoms with Gasteiger partial charge in [0.2, 0.25) is 5.24 Å². The van der Waals surface area contributed by atoms with Gasteiger partial charge < -0.3 is 0 Å². The van der Waals surface area contributed by atoms with Crippen LogP contribution in [0.1, 0.15) is 21.5 Å². The van der Waals surface area contributed by atoms with E-state index in [1.165, 1.54) is 0 Å². The average Bonchev–Trinajstić information content (AvgIpc) is 1.85. The van der Waals surface area contributed by atoms with Crippen LogP contribution in [0.4, 0.5) is 0 Å². The van der Waals surface area contributed by atoms with Crippen LogP contribution in [0.3, 0.4) is 0 Å². The molecule has 1 aromatic carbocycles. The van der Waals surface area contributed by atoms with E-state index in [1.54, 1.807) is 12.1 Å². The summed E-state index contributed by atoms with van der Waals surface area (Å²) in [5, 5.41) is -0.412. The molecular formula is C9H11ClOPY-. The molecule has 0 aliphatic rings. The van der Waals surface area contributed by atoms with Gasteiger partial charge in [-0.15, -0.1) is 0 Å². The molecule has 0 amide bonds. The molecule has 0 fully saturated rings. The van der Waals surface area contributed by atoms with Crippen molar-refractivity contribution in [2.75, 3.05) is 0 Å². The molecule has 0 saturated carbocycles. The quantitative estimate of drug-likeness (QED) is 0.441. The second-order valence-electron chi connectivity index (χ2n) is 2.51. The first-order chi connectivity index (χ1) is 5.09. The van der Waals surface area contributed by atoms with Gasteiger partial charge in [0, 0.05) is 32.7 Å². The number of carbonyl (C=O) groups excluding carboxylic acids is 1. The number of rotatable bonds is 1. The Morgan fingerprint density at radius 2 is 1.69 bits per heavy atom. The van der Waals surface area contributed by atoms with Gasteiger partial charge in [-0.25, -0.2) is 0 Å². The number of benzene rings is 1. The zero-order valence-electron chi connectivity index (χ0n) is 7.73. The molecule has 1 atom stereocenters. The van der Waals surface area contributed by atoms with Gasteiger partial charge in [0.15, 0.2) is 0 Å². The minimum Gasteiger partial charge on any atom is -0.278 e. The van der Waals surface area contributed by atoms with Crippen molar-refractivity contribution in [3.63, 3.8) is 0 Å². The van der Waals surface area contributed by atoms with Crippen LogP contribution in [0.5, 0.6) is 0 Å². The molecule has 1 nitrogen and oxygen atoms in total. The smallest absolute Gasteiger partial charge is 0.228 e. The third-order valence-corrected chi connectivity index (χ3v) is 1.58. The molecule has 1 aromatic rings. The molecule has 4 heteroatoms. The maximum atomic E-state index is 10.7. The molecule has 13 heavy (non-hydrogen) atoms. The normalized spacial score (nSPS) is 8.23. The largest absolute Gasteiger partial charge is 0.278 e. The summed E-state index contributed by atoms with van der Waals surface area (Å²) in [6.45, 7) is 3.77.